The molecular formula is C27H34N4O4. The molecule has 0 unspecified atom stereocenters. The Balaban J connectivity index is 0.918. The molecule has 6 rings (SSSR count). The number of pyridine rings is 1. The van der Waals surface area contributed by atoms with Gasteiger partial charge in [-0.1, -0.05) is 0 Å². The molecule has 4 heterocycles. The topological polar surface area (TPSA) is 76.2 Å². The molecule has 1 amide bonds. The Bertz CT molecular complexity index is 1060. The summed E-state index contributed by atoms with van der Waals surface area (Å²) >= 11 is 0. The number of aromatic nitrogens is 1. The van der Waals surface area contributed by atoms with Gasteiger partial charge in [0.05, 0.1) is 6.61 Å². The van der Waals surface area contributed by atoms with Crippen molar-refractivity contribution in [2.24, 2.45) is 5.92 Å². The molecular weight excluding hydrogens is 444 g/mol. The second kappa shape index (κ2) is 9.93. The summed E-state index contributed by atoms with van der Waals surface area (Å²) in [4.78, 5) is 22.4. The molecule has 2 fully saturated rings. The van der Waals surface area contributed by atoms with Crippen LogP contribution in [0, 0.1) is 5.92 Å². The van der Waals surface area contributed by atoms with Crippen LogP contribution in [-0.2, 0) is 6.42 Å². The van der Waals surface area contributed by atoms with Crippen molar-refractivity contribution in [3.8, 4) is 17.2 Å². The maximum absolute atomic E-state index is 12.7. The second-order valence-electron chi connectivity index (χ2n) is 10.1. The van der Waals surface area contributed by atoms with Gasteiger partial charge in [0.15, 0.2) is 11.5 Å². The fourth-order valence-corrected chi connectivity index (χ4v) is 5.82. The van der Waals surface area contributed by atoms with Crippen molar-refractivity contribution in [3.63, 3.8) is 0 Å². The quantitative estimate of drug-likeness (QED) is 0.683. The van der Waals surface area contributed by atoms with Crippen molar-refractivity contribution in [3.05, 3.63) is 41.6 Å². The molecule has 1 aromatic heterocycles. The summed E-state index contributed by atoms with van der Waals surface area (Å²) in [6, 6.07) is 7.64. The van der Waals surface area contributed by atoms with Crippen molar-refractivity contribution >= 4 is 11.7 Å². The number of carbonyl (C=O) groups is 1. The molecule has 8 nitrogen and oxygen atoms in total. The maximum atomic E-state index is 12.7. The molecule has 3 aliphatic heterocycles. The number of rotatable bonds is 6. The average Bonchev–Trinajstić information content (AvgIpc) is 3.57. The Morgan fingerprint density at radius 2 is 1.80 bits per heavy atom. The third-order valence-corrected chi connectivity index (χ3v) is 7.94. The molecule has 1 aromatic carbocycles. The predicted octanol–water partition coefficient (Wildman–Crippen LogP) is 3.25. The van der Waals surface area contributed by atoms with E-state index in [-0.39, 0.29) is 18.7 Å². The van der Waals surface area contributed by atoms with Crippen LogP contribution in [0.4, 0.5) is 5.82 Å². The molecule has 186 valence electrons. The van der Waals surface area contributed by atoms with E-state index in [1.54, 1.807) is 6.07 Å². The van der Waals surface area contributed by atoms with Crippen LogP contribution in [0.25, 0.3) is 0 Å². The first-order chi connectivity index (χ1) is 17.2. The SMILES string of the molecule is O=C(NC1CCC(CCN2CCN(c3nccc4c3CCO4)CC2)CC1)c1ccc2c(c1)OCO2. The molecule has 1 N–H and O–H groups in total. The van der Waals surface area contributed by atoms with Gasteiger partial charge in [-0.3, -0.25) is 9.69 Å². The van der Waals surface area contributed by atoms with Crippen molar-refractivity contribution in [1.29, 1.82) is 0 Å². The van der Waals surface area contributed by atoms with E-state index in [9.17, 15) is 4.79 Å². The minimum Gasteiger partial charge on any atom is -0.493 e. The van der Waals surface area contributed by atoms with E-state index in [0.717, 1.165) is 76.1 Å². The number of carbonyl (C=O) groups excluding carboxylic acids is 1. The van der Waals surface area contributed by atoms with Crippen LogP contribution in [-0.4, -0.2) is 68.0 Å². The van der Waals surface area contributed by atoms with Gasteiger partial charge in [-0.2, -0.15) is 0 Å². The summed E-state index contributed by atoms with van der Waals surface area (Å²) in [6.45, 7) is 6.40. The molecule has 35 heavy (non-hydrogen) atoms. The van der Waals surface area contributed by atoms with Crippen LogP contribution >= 0.6 is 0 Å². The number of hydrogen-bond donors (Lipinski definition) is 1. The third-order valence-electron chi connectivity index (χ3n) is 7.94. The van der Waals surface area contributed by atoms with Crippen LogP contribution < -0.4 is 24.4 Å². The minimum absolute atomic E-state index is 0.0188. The van der Waals surface area contributed by atoms with Crippen LogP contribution in [0.15, 0.2) is 30.5 Å². The Morgan fingerprint density at radius 1 is 0.971 bits per heavy atom. The zero-order valence-electron chi connectivity index (χ0n) is 20.2. The lowest BCUT2D eigenvalue weighted by Crippen LogP contribution is -2.47. The van der Waals surface area contributed by atoms with Gasteiger partial charge in [0.1, 0.15) is 11.6 Å². The van der Waals surface area contributed by atoms with E-state index >= 15 is 0 Å². The zero-order valence-corrected chi connectivity index (χ0v) is 20.2. The van der Waals surface area contributed by atoms with Crippen molar-refractivity contribution < 1.29 is 19.0 Å². The van der Waals surface area contributed by atoms with E-state index < -0.39 is 0 Å². The molecule has 0 atom stereocenters. The number of fused-ring (bicyclic) bond motifs is 2. The van der Waals surface area contributed by atoms with E-state index in [2.05, 4.69) is 20.1 Å². The number of anilines is 1. The number of nitrogens with zero attached hydrogens (tertiary/aromatic N) is 3. The van der Waals surface area contributed by atoms with E-state index in [4.69, 9.17) is 14.2 Å². The Hall–Kier alpha value is -3.00. The second-order valence-corrected chi connectivity index (χ2v) is 10.1. The van der Waals surface area contributed by atoms with Gasteiger partial charge in [-0.25, -0.2) is 4.98 Å². The van der Waals surface area contributed by atoms with Gasteiger partial charge in [0.25, 0.3) is 5.91 Å². The zero-order chi connectivity index (χ0) is 23.6. The summed E-state index contributed by atoms with van der Waals surface area (Å²) in [5, 5.41) is 3.22. The average molecular weight is 479 g/mol. The Morgan fingerprint density at radius 3 is 2.66 bits per heavy atom. The summed E-state index contributed by atoms with van der Waals surface area (Å²) in [5.41, 5.74) is 1.92. The first-order valence-corrected chi connectivity index (χ1v) is 13.0. The predicted molar refractivity (Wildman–Crippen MR) is 132 cm³/mol. The molecule has 1 saturated carbocycles. The first-order valence-electron chi connectivity index (χ1n) is 13.0. The van der Waals surface area contributed by atoms with Gasteiger partial charge >= 0.3 is 0 Å². The first kappa shape index (κ1) is 22.5. The Labute approximate surface area is 206 Å². The van der Waals surface area contributed by atoms with Crippen LogP contribution in [0.2, 0.25) is 0 Å². The lowest BCUT2D eigenvalue weighted by Gasteiger charge is -2.37. The number of benzene rings is 1. The molecule has 0 radical (unpaired) electrons. The number of amides is 1. The number of nitrogens with one attached hydrogen (secondary N) is 1. The van der Waals surface area contributed by atoms with Crippen LogP contribution in [0.5, 0.6) is 17.2 Å². The van der Waals surface area contributed by atoms with E-state index in [1.165, 1.54) is 24.8 Å². The molecule has 0 spiro atoms. The number of ether oxygens (including phenoxy) is 3. The summed E-state index contributed by atoms with van der Waals surface area (Å²) < 4.78 is 16.4. The number of hydrogen-bond acceptors (Lipinski definition) is 7. The molecule has 1 saturated heterocycles. The van der Waals surface area contributed by atoms with Gasteiger partial charge in [0.2, 0.25) is 6.79 Å². The molecule has 4 aliphatic rings. The van der Waals surface area contributed by atoms with Gasteiger partial charge in [0, 0.05) is 56.0 Å². The third kappa shape index (κ3) is 4.89. The number of piperazine rings is 1. The van der Waals surface area contributed by atoms with Crippen molar-refractivity contribution in [1.82, 2.24) is 15.2 Å². The molecule has 0 bridgehead atoms. The van der Waals surface area contributed by atoms with Gasteiger partial charge in [-0.05, 0) is 68.8 Å². The molecule has 2 aromatic rings. The monoisotopic (exact) mass is 478 g/mol. The smallest absolute Gasteiger partial charge is 0.251 e. The van der Waals surface area contributed by atoms with Crippen molar-refractivity contribution in [2.75, 3.05) is 51.0 Å². The highest BCUT2D eigenvalue weighted by Crippen LogP contribution is 2.34. The highest BCUT2D eigenvalue weighted by molar-refractivity contribution is 5.95. The normalized spacial score (nSPS) is 23.6. The summed E-state index contributed by atoms with van der Waals surface area (Å²) in [6.07, 6.45) is 8.58. The summed E-state index contributed by atoms with van der Waals surface area (Å²) in [7, 11) is 0. The fourth-order valence-electron chi connectivity index (χ4n) is 5.82. The van der Waals surface area contributed by atoms with E-state index in [0.29, 0.717) is 17.1 Å². The van der Waals surface area contributed by atoms with Crippen LogP contribution in [0.3, 0.4) is 0 Å². The fraction of sp³-hybridized carbons (Fsp3) is 0.556. The maximum Gasteiger partial charge on any atom is 0.251 e. The largest absolute Gasteiger partial charge is 0.493 e. The summed E-state index contributed by atoms with van der Waals surface area (Å²) in [5.74, 6) is 4.23. The van der Waals surface area contributed by atoms with Gasteiger partial charge in [-0.15, -0.1) is 0 Å². The highest BCUT2D eigenvalue weighted by atomic mass is 16.7. The van der Waals surface area contributed by atoms with Crippen LogP contribution in [0.1, 0.15) is 48.0 Å². The van der Waals surface area contributed by atoms with Gasteiger partial charge < -0.3 is 24.4 Å². The van der Waals surface area contributed by atoms with Crippen molar-refractivity contribution in [2.45, 2.75) is 44.6 Å². The molecule has 8 heteroatoms. The standard InChI is InChI=1S/C27H34N4O4/c32-27(20-3-6-24-25(17-20)35-18-34-24)29-21-4-1-19(2-5-21)8-11-30-12-14-31(15-13-30)26-22-9-16-33-23(22)7-10-28-26/h3,6-7,10,17,19,21H,1-2,4-5,8-9,11-16,18H2,(H,29,32). The lowest BCUT2D eigenvalue weighted by molar-refractivity contribution is 0.0919. The Kier molecular flexibility index (Phi) is 6.37. The minimum atomic E-state index is -0.0188. The lowest BCUT2D eigenvalue weighted by atomic mass is 9.84. The highest BCUT2D eigenvalue weighted by Gasteiger charge is 2.27. The molecule has 1 aliphatic carbocycles. The van der Waals surface area contributed by atoms with E-state index in [1.807, 2.05) is 24.4 Å².